The monoisotopic (exact) mass is 463 g/mol. The van der Waals surface area contributed by atoms with Crippen LogP contribution in [0.25, 0.3) is 10.9 Å². The van der Waals surface area contributed by atoms with Crippen LogP contribution in [-0.2, 0) is 4.74 Å². The smallest absolute Gasteiger partial charge is 0.319 e. The first-order chi connectivity index (χ1) is 15.5. The van der Waals surface area contributed by atoms with E-state index < -0.39 is 12.0 Å². The molecule has 5 heterocycles. The van der Waals surface area contributed by atoms with Crippen molar-refractivity contribution < 1.29 is 18.3 Å². The van der Waals surface area contributed by atoms with Crippen molar-refractivity contribution >= 4 is 28.3 Å². The third-order valence-electron chi connectivity index (χ3n) is 7.26. The number of hydrogen-bond donors (Lipinski definition) is 0. The minimum Gasteiger partial charge on any atom is -0.461 e. The quantitative estimate of drug-likeness (QED) is 0.509. The molecule has 32 heavy (non-hydrogen) atoms. The Balaban J connectivity index is 1.38. The van der Waals surface area contributed by atoms with E-state index in [9.17, 15) is 8.78 Å². The molecule has 10 heteroatoms. The Bertz CT molecular complexity index is 1100. The minimum absolute atomic E-state index is 0.0272. The van der Waals surface area contributed by atoms with E-state index in [1.165, 1.54) is 11.8 Å². The molecule has 2 aromatic rings. The summed E-state index contributed by atoms with van der Waals surface area (Å²) in [6.45, 7) is 7.67. The van der Waals surface area contributed by atoms with E-state index in [2.05, 4.69) is 26.4 Å². The van der Waals surface area contributed by atoms with Crippen LogP contribution in [0.1, 0.15) is 19.3 Å². The van der Waals surface area contributed by atoms with E-state index >= 15 is 0 Å². The van der Waals surface area contributed by atoms with Gasteiger partial charge in [-0.15, -0.1) is 0 Å². The molecule has 0 bridgehead atoms. The highest BCUT2D eigenvalue weighted by atomic mass is 35.5. The van der Waals surface area contributed by atoms with Gasteiger partial charge in [0, 0.05) is 25.2 Å². The number of anilines is 1. The second kappa shape index (κ2) is 7.46. The summed E-state index contributed by atoms with van der Waals surface area (Å²) in [4.78, 5) is 17.1. The molecule has 2 aromatic heterocycles. The maximum Gasteiger partial charge on any atom is 0.319 e. The highest BCUT2D eigenvalue weighted by molar-refractivity contribution is 6.30. The van der Waals surface area contributed by atoms with Crippen molar-refractivity contribution in [1.29, 1.82) is 0 Å². The van der Waals surface area contributed by atoms with Gasteiger partial charge in [-0.05, 0) is 25.8 Å². The summed E-state index contributed by atoms with van der Waals surface area (Å²) in [6.07, 6.45) is 3.41. The molecule has 7 nitrogen and oxygen atoms in total. The molecule has 0 unspecified atom stereocenters. The Morgan fingerprint density at radius 3 is 3.09 bits per heavy atom. The number of fused-ring (bicyclic) bond motifs is 3. The van der Waals surface area contributed by atoms with Crippen LogP contribution in [0.3, 0.4) is 0 Å². The van der Waals surface area contributed by atoms with Gasteiger partial charge in [0.1, 0.15) is 24.1 Å². The van der Waals surface area contributed by atoms with Crippen molar-refractivity contribution in [1.82, 2.24) is 19.9 Å². The molecule has 170 valence electrons. The molecule has 1 aliphatic carbocycles. The van der Waals surface area contributed by atoms with Gasteiger partial charge in [-0.1, -0.05) is 23.8 Å². The number of ether oxygens (including phenoxy) is 2. The van der Waals surface area contributed by atoms with Crippen LogP contribution in [0.5, 0.6) is 6.01 Å². The zero-order chi connectivity index (χ0) is 22.0. The molecule has 3 aliphatic heterocycles. The summed E-state index contributed by atoms with van der Waals surface area (Å²) in [5.41, 5.74) is 1.10. The second-order valence-electron chi connectivity index (χ2n) is 9.29. The Hall–Kier alpha value is -2.10. The Labute approximate surface area is 189 Å². The molecule has 0 spiro atoms. The average molecular weight is 464 g/mol. The van der Waals surface area contributed by atoms with Crippen LogP contribution >= 0.6 is 11.6 Å². The first-order valence-electron chi connectivity index (χ1n) is 11.0. The molecule has 1 saturated carbocycles. The fourth-order valence-corrected chi connectivity index (χ4v) is 5.75. The summed E-state index contributed by atoms with van der Waals surface area (Å²) in [7, 11) is 0. The summed E-state index contributed by atoms with van der Waals surface area (Å²) >= 11 is 5.94. The van der Waals surface area contributed by atoms with Gasteiger partial charge in [-0.25, -0.2) is 13.8 Å². The molecule has 0 radical (unpaired) electrons. The van der Waals surface area contributed by atoms with E-state index in [1.807, 2.05) is 4.90 Å². The van der Waals surface area contributed by atoms with E-state index in [4.69, 9.17) is 21.1 Å². The SMILES string of the molecule is C=C1CN2CCC[C@@]2(COc2nc(N3CCOC[C@H]4[C@H](F)[C@H]43)c3cnc(Cl)c(F)c3n2)C1. The number of alkyl halides is 1. The predicted octanol–water partition coefficient (Wildman–Crippen LogP) is 3.16. The lowest BCUT2D eigenvalue weighted by molar-refractivity contribution is 0.108. The van der Waals surface area contributed by atoms with Crippen LogP contribution < -0.4 is 9.64 Å². The summed E-state index contributed by atoms with van der Waals surface area (Å²) < 4.78 is 41.0. The molecule has 0 N–H and O–H groups in total. The van der Waals surface area contributed by atoms with Gasteiger partial charge in [-0.2, -0.15) is 9.97 Å². The number of pyridine rings is 1. The maximum atomic E-state index is 14.9. The average Bonchev–Trinajstić information content (AvgIpc) is 3.18. The zero-order valence-corrected chi connectivity index (χ0v) is 18.3. The highest BCUT2D eigenvalue weighted by Gasteiger charge is 2.56. The number of rotatable bonds is 4. The summed E-state index contributed by atoms with van der Waals surface area (Å²) in [5.74, 6) is -0.541. The largest absolute Gasteiger partial charge is 0.461 e. The molecule has 4 aliphatic rings. The standard InChI is InChI=1S/C22H24ClF2N5O2/c1-12-7-22(3-2-4-29(22)9-12)11-32-21-27-17-13(8-26-19(23)16(17)25)20(28-21)30-5-6-31-10-14-15(24)18(14)30/h8,14-15,18H,1-7,9-11H2/t14-,15-,18-,22-/m0/s1. The van der Waals surface area contributed by atoms with Crippen LogP contribution in [0.2, 0.25) is 5.15 Å². The van der Waals surface area contributed by atoms with Crippen LogP contribution in [0.15, 0.2) is 18.3 Å². The van der Waals surface area contributed by atoms with Crippen LogP contribution in [0, 0.1) is 11.7 Å². The second-order valence-corrected chi connectivity index (χ2v) is 9.65. The van der Waals surface area contributed by atoms with E-state index in [1.54, 1.807) is 0 Å². The van der Waals surface area contributed by atoms with Gasteiger partial charge >= 0.3 is 6.01 Å². The molecule has 4 atom stereocenters. The van der Waals surface area contributed by atoms with Crippen molar-refractivity contribution in [2.45, 2.75) is 37.0 Å². The zero-order valence-electron chi connectivity index (χ0n) is 17.6. The summed E-state index contributed by atoms with van der Waals surface area (Å²) in [5, 5.41) is 0.113. The van der Waals surface area contributed by atoms with Crippen LogP contribution in [0.4, 0.5) is 14.6 Å². The normalized spacial score (nSPS) is 32.2. The van der Waals surface area contributed by atoms with Gasteiger partial charge in [0.2, 0.25) is 0 Å². The lowest BCUT2D eigenvalue weighted by Gasteiger charge is -2.31. The Morgan fingerprint density at radius 2 is 2.22 bits per heavy atom. The number of nitrogens with zero attached hydrogens (tertiary/aromatic N) is 5. The first-order valence-corrected chi connectivity index (χ1v) is 11.4. The molecule has 3 saturated heterocycles. The lowest BCUT2D eigenvalue weighted by Crippen LogP contribution is -2.43. The van der Waals surface area contributed by atoms with Crippen molar-refractivity contribution in [2.24, 2.45) is 5.92 Å². The molecule has 4 fully saturated rings. The topological polar surface area (TPSA) is 63.6 Å². The van der Waals surface area contributed by atoms with Crippen molar-refractivity contribution in [3.05, 3.63) is 29.3 Å². The molecule has 0 aromatic carbocycles. The highest BCUT2D eigenvalue weighted by Crippen LogP contribution is 2.45. The minimum atomic E-state index is -1.01. The van der Waals surface area contributed by atoms with E-state index in [0.717, 1.165) is 32.4 Å². The van der Waals surface area contributed by atoms with E-state index in [-0.39, 0.29) is 34.2 Å². The van der Waals surface area contributed by atoms with Gasteiger partial charge in [-0.3, -0.25) is 4.90 Å². The maximum absolute atomic E-state index is 14.9. The number of halogens is 3. The number of hydrogen-bond acceptors (Lipinski definition) is 7. The molecular formula is C22H24ClF2N5O2. The third-order valence-corrected chi connectivity index (χ3v) is 7.52. The van der Waals surface area contributed by atoms with Crippen molar-refractivity contribution in [2.75, 3.05) is 44.4 Å². The third kappa shape index (κ3) is 3.16. The molecule has 0 amide bonds. The predicted molar refractivity (Wildman–Crippen MR) is 115 cm³/mol. The lowest BCUT2D eigenvalue weighted by atomic mass is 9.94. The van der Waals surface area contributed by atoms with Crippen molar-refractivity contribution in [3.8, 4) is 6.01 Å². The van der Waals surface area contributed by atoms with Crippen molar-refractivity contribution in [3.63, 3.8) is 0 Å². The van der Waals surface area contributed by atoms with Gasteiger partial charge in [0.25, 0.3) is 0 Å². The summed E-state index contributed by atoms with van der Waals surface area (Å²) in [6, 6.07) is -0.297. The van der Waals surface area contributed by atoms with Gasteiger partial charge in [0.05, 0.1) is 30.2 Å². The fourth-order valence-electron chi connectivity index (χ4n) is 5.62. The van der Waals surface area contributed by atoms with E-state index in [0.29, 0.717) is 37.6 Å². The fraction of sp³-hybridized carbons (Fsp3) is 0.591. The first kappa shape index (κ1) is 20.5. The molecular weight excluding hydrogens is 440 g/mol. The Kier molecular flexibility index (Phi) is 4.78. The van der Waals surface area contributed by atoms with Crippen LogP contribution in [-0.4, -0.2) is 77.1 Å². The Morgan fingerprint density at radius 1 is 1.34 bits per heavy atom. The molecule has 6 rings (SSSR count). The van der Waals surface area contributed by atoms with Gasteiger partial charge in [0.15, 0.2) is 11.0 Å². The number of aromatic nitrogens is 3. The van der Waals surface area contributed by atoms with Gasteiger partial charge < -0.3 is 14.4 Å².